The van der Waals surface area contributed by atoms with Crippen LogP contribution in [0.2, 0.25) is 0 Å². The lowest BCUT2D eigenvalue weighted by Gasteiger charge is -1.99. The van der Waals surface area contributed by atoms with Crippen LogP contribution in [0.25, 0.3) is 6.08 Å². The van der Waals surface area contributed by atoms with E-state index in [0.29, 0.717) is 0 Å². The summed E-state index contributed by atoms with van der Waals surface area (Å²) in [6.07, 6.45) is 3.62. The summed E-state index contributed by atoms with van der Waals surface area (Å²) in [5.41, 5.74) is 2.41. The molecule has 1 aromatic rings. The van der Waals surface area contributed by atoms with E-state index in [1.165, 1.54) is 11.1 Å². The summed E-state index contributed by atoms with van der Waals surface area (Å²) in [6, 6.07) is 6.16. The maximum absolute atomic E-state index is 4.84. The van der Waals surface area contributed by atoms with Crippen molar-refractivity contribution in [2.24, 2.45) is 0 Å². The molecule has 0 unspecified atom stereocenters. The summed E-state index contributed by atoms with van der Waals surface area (Å²) in [5, 5.41) is 0. The molecule has 0 aliphatic carbocycles. The van der Waals surface area contributed by atoms with E-state index in [9.17, 15) is 0 Å². The Morgan fingerprint density at radius 3 is 2.83 bits per heavy atom. The number of aryl methyl sites for hydroxylation is 1. The molecule has 12 heavy (non-hydrogen) atoms. The van der Waals surface area contributed by atoms with Gasteiger partial charge in [0.05, 0.1) is 13.4 Å². The minimum Gasteiger partial charge on any atom is -0.504 e. The van der Waals surface area contributed by atoms with Gasteiger partial charge >= 0.3 is 0 Å². The Morgan fingerprint density at radius 1 is 1.42 bits per heavy atom. The van der Waals surface area contributed by atoms with Gasteiger partial charge in [0.1, 0.15) is 0 Å². The molecule has 0 amide bonds. The van der Waals surface area contributed by atoms with Crippen molar-refractivity contribution in [3.05, 3.63) is 40.1 Å². The average molecular weight is 227 g/mol. The van der Waals surface area contributed by atoms with Gasteiger partial charge in [-0.05, 0) is 36.3 Å². The largest absolute Gasteiger partial charge is 0.504 e. The van der Waals surface area contributed by atoms with E-state index >= 15 is 0 Å². The fraction of sp³-hybridized carbons (Fsp3) is 0.200. The van der Waals surface area contributed by atoms with E-state index in [4.69, 9.17) is 4.74 Å². The van der Waals surface area contributed by atoms with Gasteiger partial charge in [0.25, 0.3) is 0 Å². The highest BCUT2D eigenvalue weighted by Crippen LogP contribution is 2.16. The van der Waals surface area contributed by atoms with Gasteiger partial charge in [-0.2, -0.15) is 0 Å². The van der Waals surface area contributed by atoms with Crippen LogP contribution < -0.4 is 0 Å². The van der Waals surface area contributed by atoms with Crippen molar-refractivity contribution < 1.29 is 4.74 Å². The zero-order valence-corrected chi connectivity index (χ0v) is 8.76. The molecule has 0 N–H and O–H groups in total. The van der Waals surface area contributed by atoms with Crippen molar-refractivity contribution in [1.82, 2.24) is 0 Å². The third-order valence-electron chi connectivity index (χ3n) is 1.62. The second-order valence-corrected chi connectivity index (χ2v) is 3.46. The van der Waals surface area contributed by atoms with Crippen LogP contribution in [0.1, 0.15) is 11.1 Å². The highest BCUT2D eigenvalue weighted by atomic mass is 79.9. The molecular weight excluding hydrogens is 216 g/mol. The molecule has 0 bridgehead atoms. The molecule has 0 aliphatic heterocycles. The molecule has 0 fully saturated rings. The third-order valence-corrected chi connectivity index (χ3v) is 2.12. The fourth-order valence-corrected chi connectivity index (χ4v) is 1.31. The summed E-state index contributed by atoms with van der Waals surface area (Å²) in [7, 11) is 1.64. The van der Waals surface area contributed by atoms with E-state index < -0.39 is 0 Å². The Balaban J connectivity index is 2.97. The fourth-order valence-electron chi connectivity index (χ4n) is 0.932. The molecule has 1 aromatic carbocycles. The number of hydrogen-bond acceptors (Lipinski definition) is 1. The molecule has 0 radical (unpaired) electrons. The van der Waals surface area contributed by atoms with Crippen molar-refractivity contribution in [2.75, 3.05) is 7.11 Å². The quantitative estimate of drug-likeness (QED) is 0.703. The normalized spacial score (nSPS) is 10.6. The Hall–Kier alpha value is -0.760. The predicted octanol–water partition coefficient (Wildman–Crippen LogP) is 3.37. The molecule has 0 saturated carbocycles. The summed E-state index contributed by atoms with van der Waals surface area (Å²) < 4.78 is 5.93. The molecule has 2 heteroatoms. The van der Waals surface area contributed by atoms with E-state index in [1.807, 2.05) is 12.1 Å². The van der Waals surface area contributed by atoms with Crippen molar-refractivity contribution in [3.63, 3.8) is 0 Å². The topological polar surface area (TPSA) is 9.23 Å². The highest BCUT2D eigenvalue weighted by molar-refractivity contribution is 9.10. The summed E-state index contributed by atoms with van der Waals surface area (Å²) in [4.78, 5) is 0. The number of methoxy groups -OCH3 is 1. The van der Waals surface area contributed by atoms with Crippen LogP contribution in [0.3, 0.4) is 0 Å². The molecule has 0 saturated heterocycles. The molecule has 64 valence electrons. The first-order valence-corrected chi connectivity index (χ1v) is 4.49. The molecule has 1 nitrogen and oxygen atoms in total. The van der Waals surface area contributed by atoms with E-state index in [2.05, 4.69) is 35.0 Å². The average Bonchev–Trinajstić information content (AvgIpc) is 2.07. The zero-order chi connectivity index (χ0) is 8.97. The number of rotatable bonds is 2. The van der Waals surface area contributed by atoms with Crippen molar-refractivity contribution in [2.45, 2.75) is 6.92 Å². The predicted molar refractivity (Wildman–Crippen MR) is 54.9 cm³/mol. The standard InChI is InChI=1S/C10H11BrO/c1-8-3-4-10(11)7-9(8)5-6-12-2/h3-7H,1-2H3/b6-5+. The molecular formula is C10H11BrO. The van der Waals surface area contributed by atoms with E-state index in [1.54, 1.807) is 13.4 Å². The van der Waals surface area contributed by atoms with Crippen LogP contribution in [-0.2, 0) is 4.74 Å². The molecule has 0 aliphatic rings. The number of hydrogen-bond donors (Lipinski definition) is 0. The van der Waals surface area contributed by atoms with Crippen molar-refractivity contribution in [1.29, 1.82) is 0 Å². The Kier molecular flexibility index (Phi) is 3.35. The monoisotopic (exact) mass is 226 g/mol. The van der Waals surface area contributed by atoms with Crippen LogP contribution in [0, 0.1) is 6.92 Å². The molecule has 1 rings (SSSR count). The minimum atomic E-state index is 1.09. The first-order chi connectivity index (χ1) is 5.74. The van der Waals surface area contributed by atoms with Crippen LogP contribution >= 0.6 is 15.9 Å². The maximum Gasteiger partial charge on any atom is 0.0830 e. The van der Waals surface area contributed by atoms with Gasteiger partial charge in [0.15, 0.2) is 0 Å². The summed E-state index contributed by atoms with van der Waals surface area (Å²) in [5.74, 6) is 0. The van der Waals surface area contributed by atoms with Crippen LogP contribution in [0.4, 0.5) is 0 Å². The molecule has 0 heterocycles. The first kappa shape index (κ1) is 9.33. The second-order valence-electron chi connectivity index (χ2n) is 2.54. The number of halogens is 1. The highest BCUT2D eigenvalue weighted by Gasteiger charge is 1.94. The van der Waals surface area contributed by atoms with Crippen molar-refractivity contribution >= 4 is 22.0 Å². The smallest absolute Gasteiger partial charge is 0.0830 e. The van der Waals surface area contributed by atoms with Gasteiger partial charge in [-0.15, -0.1) is 0 Å². The van der Waals surface area contributed by atoms with Gasteiger partial charge in [0, 0.05) is 4.47 Å². The zero-order valence-electron chi connectivity index (χ0n) is 7.17. The third kappa shape index (κ3) is 2.38. The molecule has 0 aromatic heterocycles. The lowest BCUT2D eigenvalue weighted by molar-refractivity contribution is 0.341. The van der Waals surface area contributed by atoms with Crippen molar-refractivity contribution in [3.8, 4) is 0 Å². The summed E-state index contributed by atoms with van der Waals surface area (Å²) >= 11 is 3.41. The lowest BCUT2D eigenvalue weighted by atomic mass is 10.1. The van der Waals surface area contributed by atoms with E-state index in [0.717, 1.165) is 4.47 Å². The maximum atomic E-state index is 4.84. The van der Waals surface area contributed by atoms with Crippen LogP contribution in [0.5, 0.6) is 0 Å². The van der Waals surface area contributed by atoms with Gasteiger partial charge in [-0.1, -0.05) is 22.0 Å². The molecule has 0 spiro atoms. The van der Waals surface area contributed by atoms with Gasteiger partial charge in [0.2, 0.25) is 0 Å². The van der Waals surface area contributed by atoms with Crippen LogP contribution in [-0.4, -0.2) is 7.11 Å². The minimum absolute atomic E-state index is 1.09. The SMILES string of the molecule is CO/C=C/c1cc(Br)ccc1C. The van der Waals surface area contributed by atoms with Gasteiger partial charge in [-0.25, -0.2) is 0 Å². The lowest BCUT2D eigenvalue weighted by Crippen LogP contribution is -1.79. The molecule has 0 atom stereocenters. The number of ether oxygens (including phenoxy) is 1. The Bertz CT molecular complexity index is 292. The second kappa shape index (κ2) is 4.31. The Labute approximate surface area is 81.2 Å². The first-order valence-electron chi connectivity index (χ1n) is 3.69. The summed E-state index contributed by atoms with van der Waals surface area (Å²) in [6.45, 7) is 2.07. The van der Waals surface area contributed by atoms with Gasteiger partial charge in [-0.3, -0.25) is 0 Å². The Morgan fingerprint density at radius 2 is 2.17 bits per heavy atom. The van der Waals surface area contributed by atoms with Crippen LogP contribution in [0.15, 0.2) is 28.9 Å². The van der Waals surface area contributed by atoms with E-state index in [-0.39, 0.29) is 0 Å². The van der Waals surface area contributed by atoms with Gasteiger partial charge < -0.3 is 4.74 Å². The number of benzene rings is 1.